The van der Waals surface area contributed by atoms with Crippen LogP contribution in [0.3, 0.4) is 0 Å². The molecule has 2 aliphatic heterocycles. The average molecular weight is 731 g/mol. The normalized spacial score (nSPS) is 19.9. The number of aromatic nitrogens is 1. The third kappa shape index (κ3) is 9.41. The number of carboxylic acid groups (broad SMARTS) is 1. The molecule has 0 bridgehead atoms. The van der Waals surface area contributed by atoms with Gasteiger partial charge in [0.05, 0.1) is 18.2 Å². The Hall–Kier alpha value is -5.09. The van der Waals surface area contributed by atoms with Crippen LogP contribution in [0.2, 0.25) is 0 Å². The summed E-state index contributed by atoms with van der Waals surface area (Å²) in [6.45, 7) is 4.56. The lowest BCUT2D eigenvalue weighted by Crippen LogP contribution is -2.56. The number of rotatable bonds is 14. The minimum absolute atomic E-state index is 0.122. The van der Waals surface area contributed by atoms with Crippen LogP contribution in [0.15, 0.2) is 24.3 Å². The second-order valence-corrected chi connectivity index (χ2v) is 13.3. The number of aryl methyl sites for hydroxylation is 1. The molecular formula is C35H44F2N6O9. The molecule has 1 saturated carbocycles. The smallest absolute Gasteiger partial charge is 0.409 e. The molecule has 3 heterocycles. The second-order valence-electron chi connectivity index (χ2n) is 13.3. The van der Waals surface area contributed by atoms with Gasteiger partial charge in [-0.1, -0.05) is 19.4 Å². The zero-order valence-electron chi connectivity index (χ0n) is 29.2. The second kappa shape index (κ2) is 16.5. The van der Waals surface area contributed by atoms with Gasteiger partial charge in [0, 0.05) is 57.0 Å². The average Bonchev–Trinajstić information content (AvgIpc) is 3.45. The summed E-state index contributed by atoms with van der Waals surface area (Å²) in [6.07, 6.45) is 0.926. The summed E-state index contributed by atoms with van der Waals surface area (Å²) in [5.41, 5.74) is 1.01. The molecule has 0 spiro atoms. The fourth-order valence-electron chi connectivity index (χ4n) is 6.22. The van der Waals surface area contributed by atoms with Gasteiger partial charge in [-0.15, -0.1) is 0 Å². The molecule has 3 fully saturated rings. The molecule has 5 rings (SSSR count). The van der Waals surface area contributed by atoms with E-state index in [0.717, 1.165) is 18.4 Å². The van der Waals surface area contributed by atoms with Gasteiger partial charge in [0.15, 0.2) is 6.61 Å². The molecule has 3 aliphatic rings. The highest BCUT2D eigenvalue weighted by molar-refractivity contribution is 5.99. The molecule has 1 aliphatic carbocycles. The molecule has 2 aromatic rings. The van der Waals surface area contributed by atoms with E-state index in [9.17, 15) is 42.7 Å². The van der Waals surface area contributed by atoms with Crippen LogP contribution >= 0.6 is 0 Å². The third-order valence-corrected chi connectivity index (χ3v) is 9.35. The molecule has 1 unspecified atom stereocenters. The van der Waals surface area contributed by atoms with E-state index in [0.29, 0.717) is 30.4 Å². The Morgan fingerprint density at radius 2 is 1.77 bits per heavy atom. The van der Waals surface area contributed by atoms with Crippen LogP contribution in [0.5, 0.6) is 5.75 Å². The van der Waals surface area contributed by atoms with Crippen molar-refractivity contribution < 1.29 is 52.1 Å². The van der Waals surface area contributed by atoms with Gasteiger partial charge >= 0.3 is 12.1 Å². The Morgan fingerprint density at radius 3 is 2.44 bits per heavy atom. The van der Waals surface area contributed by atoms with Crippen molar-refractivity contribution in [2.45, 2.75) is 82.8 Å². The highest BCUT2D eigenvalue weighted by Crippen LogP contribution is 2.41. The summed E-state index contributed by atoms with van der Waals surface area (Å²) >= 11 is 0. The van der Waals surface area contributed by atoms with E-state index in [1.807, 2.05) is 13.8 Å². The van der Waals surface area contributed by atoms with Gasteiger partial charge < -0.3 is 39.9 Å². The van der Waals surface area contributed by atoms with Gasteiger partial charge in [-0.05, 0) is 50.3 Å². The van der Waals surface area contributed by atoms with Crippen LogP contribution in [0.4, 0.5) is 13.6 Å². The quantitative estimate of drug-likeness (QED) is 0.244. The number of benzene rings is 1. The summed E-state index contributed by atoms with van der Waals surface area (Å²) in [5.74, 6) is -6.46. The topological polar surface area (TPSA) is 188 Å². The van der Waals surface area contributed by atoms with E-state index in [1.165, 1.54) is 20.8 Å². The molecule has 17 heteroatoms. The van der Waals surface area contributed by atoms with Gasteiger partial charge in [0.1, 0.15) is 23.5 Å². The SMILES string of the molecule is CCCCOC(=O)N1CCN(C(=O)[C@H](CCC(=O)O)NC(=O)c2cc(OCC(=O)N3CCC[C@H]3C(=O)NC3CC3(F)F)c3ccc(C)cc3n2)CC1. The molecule has 282 valence electrons. The number of ether oxygens (including phenoxy) is 2. The number of hydrogen-bond donors (Lipinski definition) is 3. The van der Waals surface area contributed by atoms with Gasteiger partial charge in [-0.2, -0.15) is 0 Å². The van der Waals surface area contributed by atoms with Crippen molar-refractivity contribution in [2.75, 3.05) is 45.9 Å². The lowest BCUT2D eigenvalue weighted by atomic mass is 10.1. The van der Waals surface area contributed by atoms with Gasteiger partial charge in [-0.3, -0.25) is 24.0 Å². The molecule has 3 N–H and O–H groups in total. The number of alkyl halides is 2. The predicted molar refractivity (Wildman–Crippen MR) is 181 cm³/mol. The number of likely N-dealkylation sites (tertiary alicyclic amines) is 1. The molecule has 5 amide bonds. The Bertz CT molecular complexity index is 1700. The van der Waals surface area contributed by atoms with Crippen molar-refractivity contribution >= 4 is 46.6 Å². The number of piperazine rings is 1. The molecule has 1 aromatic carbocycles. The van der Waals surface area contributed by atoms with E-state index < -0.39 is 79.2 Å². The summed E-state index contributed by atoms with van der Waals surface area (Å²) in [4.78, 5) is 85.7. The highest BCUT2D eigenvalue weighted by Gasteiger charge is 2.58. The molecule has 3 atom stereocenters. The number of halogens is 2. The van der Waals surface area contributed by atoms with Crippen LogP contribution in [-0.4, -0.2) is 130 Å². The van der Waals surface area contributed by atoms with Crippen molar-refractivity contribution in [1.82, 2.24) is 30.3 Å². The molecule has 1 aromatic heterocycles. The van der Waals surface area contributed by atoms with Crippen LogP contribution in [0.1, 0.15) is 67.9 Å². The maximum Gasteiger partial charge on any atom is 0.409 e. The third-order valence-electron chi connectivity index (χ3n) is 9.35. The van der Waals surface area contributed by atoms with Crippen LogP contribution < -0.4 is 15.4 Å². The van der Waals surface area contributed by atoms with Crippen molar-refractivity contribution in [3.05, 3.63) is 35.5 Å². The molecule has 15 nitrogen and oxygen atoms in total. The number of fused-ring (bicyclic) bond motifs is 1. The first-order valence-electron chi connectivity index (χ1n) is 17.5. The van der Waals surface area contributed by atoms with Gasteiger partial charge in [-0.25, -0.2) is 18.6 Å². The van der Waals surface area contributed by atoms with Crippen LogP contribution in [0, 0.1) is 6.92 Å². The Labute approximate surface area is 299 Å². The standard InChI is InChI=1S/C35H44F2N6O9/c1-3-4-16-51-34(50)42-14-12-41(13-15-42)33(49)23(9-10-30(45)46)39-31(47)25-18-27(22-8-7-21(2)17-24(22)38-25)52-20-29(44)43-11-5-6-26(43)32(48)40-28-19-35(28,36)37/h7-8,17-18,23,26,28H,3-6,9-16,19-20H2,1-2H3,(H,39,47)(H,40,48)(H,45,46)/t23-,26-,28?/m0/s1. The number of amides is 5. The molecule has 2 saturated heterocycles. The fraction of sp³-hybridized carbons (Fsp3) is 0.571. The van der Waals surface area contributed by atoms with Crippen molar-refractivity contribution in [1.29, 1.82) is 0 Å². The molecular weight excluding hydrogens is 686 g/mol. The van der Waals surface area contributed by atoms with E-state index in [2.05, 4.69) is 15.6 Å². The zero-order valence-corrected chi connectivity index (χ0v) is 29.2. The number of carboxylic acids is 1. The van der Waals surface area contributed by atoms with Crippen molar-refractivity contribution in [2.24, 2.45) is 0 Å². The fourth-order valence-corrected chi connectivity index (χ4v) is 6.22. The first-order chi connectivity index (χ1) is 24.8. The first kappa shape index (κ1) is 38.1. The first-order valence-corrected chi connectivity index (χ1v) is 17.5. The molecule has 0 radical (unpaired) electrons. The zero-order chi connectivity index (χ0) is 37.6. The summed E-state index contributed by atoms with van der Waals surface area (Å²) < 4.78 is 37.9. The number of hydrogen-bond acceptors (Lipinski definition) is 9. The minimum atomic E-state index is -2.94. The largest absolute Gasteiger partial charge is 0.483 e. The van der Waals surface area contributed by atoms with Crippen molar-refractivity contribution in [3.63, 3.8) is 0 Å². The summed E-state index contributed by atoms with van der Waals surface area (Å²) in [6, 6.07) is 3.15. The van der Waals surface area contributed by atoms with Crippen LogP contribution in [0.25, 0.3) is 10.9 Å². The van der Waals surface area contributed by atoms with Gasteiger partial charge in [0.25, 0.3) is 17.7 Å². The molecule has 52 heavy (non-hydrogen) atoms. The highest BCUT2D eigenvalue weighted by atomic mass is 19.3. The van der Waals surface area contributed by atoms with E-state index >= 15 is 0 Å². The monoisotopic (exact) mass is 730 g/mol. The van der Waals surface area contributed by atoms with Crippen LogP contribution in [-0.2, 0) is 23.9 Å². The summed E-state index contributed by atoms with van der Waals surface area (Å²) in [7, 11) is 0. The lowest BCUT2D eigenvalue weighted by molar-refractivity contribution is -0.140. The maximum absolute atomic E-state index is 13.6. The summed E-state index contributed by atoms with van der Waals surface area (Å²) in [5, 5.41) is 14.8. The number of nitrogens with one attached hydrogen (secondary N) is 2. The Morgan fingerprint density at radius 1 is 1.06 bits per heavy atom. The number of carbonyl (C=O) groups is 6. The number of carbonyl (C=O) groups excluding carboxylic acids is 5. The minimum Gasteiger partial charge on any atom is -0.483 e. The predicted octanol–water partition coefficient (Wildman–Crippen LogP) is 2.48. The number of unbranched alkanes of at least 4 members (excludes halogenated alkanes) is 1. The van der Waals surface area contributed by atoms with E-state index in [-0.39, 0.29) is 50.6 Å². The van der Waals surface area contributed by atoms with Gasteiger partial charge in [0.2, 0.25) is 11.8 Å². The maximum atomic E-state index is 13.6. The number of pyridine rings is 1. The Kier molecular flexibility index (Phi) is 12.1. The van der Waals surface area contributed by atoms with E-state index in [1.54, 1.807) is 18.2 Å². The lowest BCUT2D eigenvalue weighted by Gasteiger charge is -2.36. The number of nitrogens with zero attached hydrogens (tertiary/aromatic N) is 4. The number of aliphatic carboxylic acids is 1. The van der Waals surface area contributed by atoms with Crippen molar-refractivity contribution in [3.8, 4) is 5.75 Å². The van der Waals surface area contributed by atoms with E-state index in [4.69, 9.17) is 9.47 Å². The Balaban J connectivity index is 1.27.